The predicted molar refractivity (Wildman–Crippen MR) is 123 cm³/mol. The first-order valence-corrected chi connectivity index (χ1v) is 11.9. The van der Waals surface area contributed by atoms with E-state index in [9.17, 15) is 22.8 Å². The summed E-state index contributed by atoms with van der Waals surface area (Å²) in [5.74, 6) is -0.734. The summed E-state index contributed by atoms with van der Waals surface area (Å²) in [6, 6.07) is 7.08. The fourth-order valence-electron chi connectivity index (χ4n) is 5.37. The van der Waals surface area contributed by atoms with E-state index in [4.69, 9.17) is 5.26 Å². The summed E-state index contributed by atoms with van der Waals surface area (Å²) < 4.78 is 40.4. The van der Waals surface area contributed by atoms with Crippen LogP contribution in [-0.4, -0.2) is 58.9 Å². The van der Waals surface area contributed by atoms with Gasteiger partial charge in [-0.1, -0.05) is 0 Å². The number of hydrogen-bond acceptors (Lipinski definition) is 6. The molecule has 2 aliphatic heterocycles. The second-order valence-corrected chi connectivity index (χ2v) is 9.80. The van der Waals surface area contributed by atoms with Crippen LogP contribution in [0.3, 0.4) is 0 Å². The van der Waals surface area contributed by atoms with Crippen LogP contribution in [-0.2, 0) is 11.0 Å². The highest BCUT2D eigenvalue weighted by Crippen LogP contribution is 2.46. The quantitative estimate of drug-likeness (QED) is 0.696. The van der Waals surface area contributed by atoms with Crippen LogP contribution in [0.2, 0.25) is 0 Å². The third-order valence-electron chi connectivity index (χ3n) is 7.53. The number of benzene rings is 1. The Kier molecular flexibility index (Phi) is 6.06. The summed E-state index contributed by atoms with van der Waals surface area (Å²) in [6.45, 7) is 1.53. The molecule has 1 aromatic carbocycles. The molecule has 1 spiro atoms. The van der Waals surface area contributed by atoms with E-state index in [1.807, 2.05) is 4.90 Å². The van der Waals surface area contributed by atoms with Crippen molar-refractivity contribution in [1.29, 1.82) is 5.26 Å². The average Bonchev–Trinajstić information content (AvgIpc) is 3.62. The van der Waals surface area contributed by atoms with Crippen molar-refractivity contribution >= 4 is 17.5 Å². The average molecular weight is 499 g/mol. The van der Waals surface area contributed by atoms with Gasteiger partial charge in [0.05, 0.1) is 23.1 Å². The van der Waals surface area contributed by atoms with Crippen LogP contribution in [0.15, 0.2) is 36.8 Å². The molecule has 3 fully saturated rings. The number of amides is 2. The van der Waals surface area contributed by atoms with Crippen LogP contribution in [0, 0.1) is 22.7 Å². The zero-order valence-corrected chi connectivity index (χ0v) is 19.5. The molecule has 3 aliphatic rings. The van der Waals surface area contributed by atoms with Gasteiger partial charge in [0.25, 0.3) is 5.91 Å². The Balaban J connectivity index is 1.36. The van der Waals surface area contributed by atoms with E-state index in [0.717, 1.165) is 18.9 Å². The fraction of sp³-hybridized carbons (Fsp3) is 0.480. The number of carbonyl (C=O) groups is 2. The van der Waals surface area contributed by atoms with E-state index >= 15 is 0 Å². The molecule has 0 radical (unpaired) electrons. The Morgan fingerprint density at radius 2 is 1.92 bits per heavy atom. The maximum Gasteiger partial charge on any atom is 0.417 e. The number of nitriles is 1. The zero-order chi connectivity index (χ0) is 25.5. The standard InChI is InChI=1S/C25H25F3N6O2/c26-25(27,28)19-11-18(4-1-16(19)12-29)33-9-6-24(7-10-33)14-34(23(36)21-5-8-30-15-31-21)13-20(24)22(35)32-17-2-3-17/h1,4-5,8,11,15,17,20H,2-3,6-7,9-10,13-14H2,(H,32,35). The van der Waals surface area contributed by atoms with Gasteiger partial charge in [-0.3, -0.25) is 9.59 Å². The second kappa shape index (κ2) is 9.08. The van der Waals surface area contributed by atoms with Crippen molar-refractivity contribution in [3.63, 3.8) is 0 Å². The number of nitrogens with one attached hydrogen (secondary N) is 1. The van der Waals surface area contributed by atoms with Gasteiger partial charge in [-0.05, 0) is 49.9 Å². The number of halogens is 3. The number of alkyl halides is 3. The van der Waals surface area contributed by atoms with E-state index in [2.05, 4.69) is 15.3 Å². The van der Waals surface area contributed by atoms with Gasteiger partial charge >= 0.3 is 6.18 Å². The minimum absolute atomic E-state index is 0.0679. The number of carbonyl (C=O) groups excluding carboxylic acids is 2. The molecule has 1 saturated carbocycles. The number of piperidine rings is 1. The zero-order valence-electron chi connectivity index (χ0n) is 19.5. The molecule has 0 bridgehead atoms. The molecular formula is C25H25F3N6O2. The molecule has 2 amide bonds. The smallest absolute Gasteiger partial charge is 0.371 e. The number of aromatic nitrogens is 2. The molecule has 1 aliphatic carbocycles. The minimum atomic E-state index is -4.63. The Labute approximate surface area is 206 Å². The van der Waals surface area contributed by atoms with Crippen LogP contribution in [0.5, 0.6) is 0 Å². The lowest BCUT2D eigenvalue weighted by atomic mass is 9.70. The monoisotopic (exact) mass is 498 g/mol. The first-order chi connectivity index (χ1) is 17.2. The largest absolute Gasteiger partial charge is 0.417 e. The SMILES string of the molecule is N#Cc1ccc(N2CCC3(CC2)CN(C(=O)c2ccncn2)CC3C(=O)NC2CC2)cc1C(F)(F)F. The fourth-order valence-corrected chi connectivity index (χ4v) is 5.37. The van der Waals surface area contributed by atoms with Gasteiger partial charge in [-0.15, -0.1) is 0 Å². The Morgan fingerprint density at radius 1 is 1.17 bits per heavy atom. The Bertz CT molecular complexity index is 1200. The summed E-state index contributed by atoms with van der Waals surface area (Å²) in [6.07, 6.45) is 1.16. The van der Waals surface area contributed by atoms with E-state index in [1.54, 1.807) is 17.0 Å². The molecule has 188 valence electrons. The molecular weight excluding hydrogens is 473 g/mol. The predicted octanol–water partition coefficient (Wildman–Crippen LogP) is 3.00. The third kappa shape index (κ3) is 4.59. The Morgan fingerprint density at radius 3 is 2.53 bits per heavy atom. The number of likely N-dealkylation sites (tertiary alicyclic amines) is 1. The number of anilines is 1. The molecule has 5 rings (SSSR count). The lowest BCUT2D eigenvalue weighted by Gasteiger charge is -2.43. The summed E-state index contributed by atoms with van der Waals surface area (Å²) in [5.41, 5.74) is -1.18. The molecule has 3 heterocycles. The molecule has 1 atom stereocenters. The van der Waals surface area contributed by atoms with Crippen molar-refractivity contribution in [3.05, 3.63) is 53.6 Å². The Hall–Kier alpha value is -3.68. The molecule has 1 N–H and O–H groups in total. The lowest BCUT2D eigenvalue weighted by Crippen LogP contribution is -2.49. The van der Waals surface area contributed by atoms with Gasteiger partial charge in [0, 0.05) is 49.5 Å². The van der Waals surface area contributed by atoms with Gasteiger partial charge in [0.1, 0.15) is 12.0 Å². The van der Waals surface area contributed by atoms with E-state index < -0.39 is 28.6 Å². The highest BCUT2D eigenvalue weighted by molar-refractivity contribution is 5.93. The molecule has 2 saturated heterocycles. The van der Waals surface area contributed by atoms with E-state index in [1.165, 1.54) is 24.7 Å². The number of rotatable bonds is 4. The van der Waals surface area contributed by atoms with Gasteiger partial charge in [0.15, 0.2) is 0 Å². The van der Waals surface area contributed by atoms with Gasteiger partial charge in [-0.2, -0.15) is 18.4 Å². The molecule has 1 aromatic heterocycles. The van der Waals surface area contributed by atoms with Crippen molar-refractivity contribution < 1.29 is 22.8 Å². The highest BCUT2D eigenvalue weighted by Gasteiger charge is 2.53. The molecule has 1 unspecified atom stereocenters. The maximum atomic E-state index is 13.5. The van der Waals surface area contributed by atoms with E-state index in [-0.39, 0.29) is 30.1 Å². The number of nitrogens with zero attached hydrogens (tertiary/aromatic N) is 5. The summed E-state index contributed by atoms with van der Waals surface area (Å²) in [4.78, 5) is 37.7. The van der Waals surface area contributed by atoms with Crippen LogP contribution < -0.4 is 10.2 Å². The number of hydrogen-bond donors (Lipinski definition) is 1. The normalized spacial score (nSPS) is 21.3. The van der Waals surface area contributed by atoms with Crippen molar-refractivity contribution in [1.82, 2.24) is 20.2 Å². The van der Waals surface area contributed by atoms with Crippen molar-refractivity contribution in [3.8, 4) is 6.07 Å². The molecule has 2 aromatic rings. The third-order valence-corrected chi connectivity index (χ3v) is 7.53. The summed E-state index contributed by atoms with van der Waals surface area (Å²) >= 11 is 0. The van der Waals surface area contributed by atoms with Crippen LogP contribution in [0.25, 0.3) is 0 Å². The van der Waals surface area contributed by atoms with E-state index in [0.29, 0.717) is 38.2 Å². The summed E-state index contributed by atoms with van der Waals surface area (Å²) in [5, 5.41) is 12.2. The highest BCUT2D eigenvalue weighted by atomic mass is 19.4. The maximum absolute atomic E-state index is 13.5. The van der Waals surface area contributed by atoms with Gasteiger partial charge in [0.2, 0.25) is 5.91 Å². The van der Waals surface area contributed by atoms with Crippen molar-refractivity contribution in [2.24, 2.45) is 11.3 Å². The van der Waals surface area contributed by atoms with Gasteiger partial charge < -0.3 is 15.1 Å². The topological polar surface area (TPSA) is 102 Å². The summed E-state index contributed by atoms with van der Waals surface area (Å²) in [7, 11) is 0. The van der Waals surface area contributed by atoms with Crippen molar-refractivity contribution in [2.45, 2.75) is 37.9 Å². The molecule has 36 heavy (non-hydrogen) atoms. The second-order valence-electron chi connectivity index (χ2n) is 9.80. The first-order valence-electron chi connectivity index (χ1n) is 11.9. The molecule has 11 heteroatoms. The molecule has 8 nitrogen and oxygen atoms in total. The first kappa shape index (κ1) is 24.0. The minimum Gasteiger partial charge on any atom is -0.371 e. The van der Waals surface area contributed by atoms with Crippen LogP contribution in [0.4, 0.5) is 18.9 Å². The van der Waals surface area contributed by atoms with Crippen molar-refractivity contribution in [2.75, 3.05) is 31.1 Å². The lowest BCUT2D eigenvalue weighted by molar-refractivity contribution is -0.137. The van der Waals surface area contributed by atoms with Gasteiger partial charge in [-0.25, -0.2) is 9.97 Å². The van der Waals surface area contributed by atoms with Crippen LogP contribution >= 0.6 is 0 Å². The van der Waals surface area contributed by atoms with Crippen LogP contribution in [0.1, 0.15) is 47.3 Å².